The zero-order valence-corrected chi connectivity index (χ0v) is 18.7. The van der Waals surface area contributed by atoms with Gasteiger partial charge in [-0.25, -0.2) is 4.98 Å². The molecule has 31 heavy (non-hydrogen) atoms. The summed E-state index contributed by atoms with van der Waals surface area (Å²) < 4.78 is 0.794. The molecule has 4 aromatic rings. The number of fused-ring (bicyclic) bond motifs is 1. The Kier molecular flexibility index (Phi) is 5.06. The summed E-state index contributed by atoms with van der Waals surface area (Å²) in [5, 5.41) is 14.0. The zero-order chi connectivity index (χ0) is 21.7. The maximum Gasteiger partial charge on any atom is 0.296 e. The van der Waals surface area contributed by atoms with Crippen molar-refractivity contribution in [2.75, 3.05) is 4.90 Å². The van der Waals surface area contributed by atoms with Crippen LogP contribution in [0.15, 0.2) is 71.3 Å². The number of Topliss-reactive ketones (excluding diaryl/α,β-unsaturated/α-hetero) is 1. The minimum absolute atomic E-state index is 0.0204. The molecule has 154 valence electrons. The number of benzene rings is 2. The second-order valence-electron chi connectivity index (χ2n) is 6.81. The highest BCUT2D eigenvalue weighted by atomic mass is 35.5. The molecule has 1 amide bonds. The molecule has 0 aliphatic carbocycles. The molecular formula is C22H12Cl2N2O3S2. The fourth-order valence-corrected chi connectivity index (χ4v) is 5.60. The van der Waals surface area contributed by atoms with E-state index in [9.17, 15) is 14.7 Å². The van der Waals surface area contributed by atoms with Gasteiger partial charge in [0.1, 0.15) is 0 Å². The molecule has 2 aromatic carbocycles. The highest BCUT2D eigenvalue weighted by Crippen LogP contribution is 2.44. The average molecular weight is 487 g/mol. The third kappa shape index (κ3) is 3.43. The van der Waals surface area contributed by atoms with E-state index in [4.69, 9.17) is 23.2 Å². The van der Waals surface area contributed by atoms with Crippen LogP contribution in [0.3, 0.4) is 0 Å². The van der Waals surface area contributed by atoms with Crippen LogP contribution in [0, 0.1) is 0 Å². The lowest BCUT2D eigenvalue weighted by atomic mass is 9.95. The summed E-state index contributed by atoms with van der Waals surface area (Å²) in [5.74, 6) is -1.65. The van der Waals surface area contributed by atoms with Gasteiger partial charge >= 0.3 is 0 Å². The van der Waals surface area contributed by atoms with Crippen LogP contribution in [0.4, 0.5) is 5.13 Å². The largest absolute Gasteiger partial charge is 0.503 e. The molecule has 1 atom stereocenters. The molecular weight excluding hydrogens is 475 g/mol. The number of amides is 1. The Labute approximate surface area is 194 Å². The maximum absolute atomic E-state index is 13.3. The van der Waals surface area contributed by atoms with E-state index < -0.39 is 23.5 Å². The van der Waals surface area contributed by atoms with Crippen molar-refractivity contribution in [1.29, 1.82) is 0 Å². The lowest BCUT2D eigenvalue weighted by Gasteiger charge is -2.24. The van der Waals surface area contributed by atoms with E-state index in [1.807, 2.05) is 0 Å². The molecule has 1 unspecified atom stereocenters. The number of ketones is 1. The molecule has 1 aliphatic heterocycles. The first kappa shape index (κ1) is 20.2. The minimum Gasteiger partial charge on any atom is -0.503 e. The Morgan fingerprint density at radius 3 is 2.52 bits per heavy atom. The number of hydrogen-bond acceptors (Lipinski definition) is 6. The zero-order valence-electron chi connectivity index (χ0n) is 15.6. The van der Waals surface area contributed by atoms with Gasteiger partial charge in [-0.1, -0.05) is 52.7 Å². The van der Waals surface area contributed by atoms with E-state index in [1.54, 1.807) is 60.0 Å². The molecule has 2 aromatic heterocycles. The Balaban J connectivity index is 1.68. The summed E-state index contributed by atoms with van der Waals surface area (Å²) in [6, 6.07) is 14.7. The second kappa shape index (κ2) is 7.76. The predicted octanol–water partition coefficient (Wildman–Crippen LogP) is 6.45. The van der Waals surface area contributed by atoms with E-state index in [-0.39, 0.29) is 5.57 Å². The lowest BCUT2D eigenvalue weighted by molar-refractivity contribution is -0.117. The van der Waals surface area contributed by atoms with Crippen LogP contribution in [0.2, 0.25) is 10.0 Å². The second-order valence-corrected chi connectivity index (χ2v) is 9.64. The smallest absolute Gasteiger partial charge is 0.296 e. The van der Waals surface area contributed by atoms with Gasteiger partial charge in [-0.15, -0.1) is 11.3 Å². The van der Waals surface area contributed by atoms with Gasteiger partial charge in [0, 0.05) is 10.0 Å². The first-order valence-electron chi connectivity index (χ1n) is 9.10. The molecule has 0 bridgehead atoms. The van der Waals surface area contributed by atoms with Crippen molar-refractivity contribution in [1.82, 2.24) is 4.98 Å². The lowest BCUT2D eigenvalue weighted by Crippen LogP contribution is -2.30. The van der Waals surface area contributed by atoms with Gasteiger partial charge in [-0.05, 0) is 47.3 Å². The van der Waals surface area contributed by atoms with Gasteiger partial charge < -0.3 is 5.11 Å². The number of anilines is 1. The average Bonchev–Trinajstić information content (AvgIpc) is 3.47. The number of rotatable bonds is 4. The number of aromatic nitrogens is 1. The molecule has 5 nitrogen and oxygen atoms in total. The summed E-state index contributed by atoms with van der Waals surface area (Å²) in [7, 11) is 0. The van der Waals surface area contributed by atoms with Crippen LogP contribution in [-0.4, -0.2) is 21.8 Å². The number of thiophene rings is 1. The Bertz CT molecular complexity index is 1360. The molecule has 9 heteroatoms. The van der Waals surface area contributed by atoms with Crippen LogP contribution in [-0.2, 0) is 4.79 Å². The van der Waals surface area contributed by atoms with Crippen molar-refractivity contribution >= 4 is 72.9 Å². The molecule has 1 N–H and O–H groups in total. The minimum atomic E-state index is -0.838. The number of halogens is 2. The number of aliphatic hydroxyl groups excluding tert-OH is 1. The Morgan fingerprint density at radius 2 is 1.81 bits per heavy atom. The number of thiazole rings is 1. The number of carbonyl (C=O) groups excluding carboxylic acids is 2. The first-order chi connectivity index (χ1) is 14.9. The number of nitrogens with zero attached hydrogens (tertiary/aromatic N) is 2. The van der Waals surface area contributed by atoms with Gasteiger partial charge in [0.2, 0.25) is 5.78 Å². The van der Waals surface area contributed by atoms with Crippen LogP contribution in [0.1, 0.15) is 21.3 Å². The topological polar surface area (TPSA) is 70.5 Å². The standard InChI is InChI=1S/C22H12Cl2N2O3S2/c23-12-5-3-11(4-6-12)18-17(19(27)15-2-1-9-30-15)20(28)21(29)26(18)22-25-14-8-7-13(24)10-16(14)31-22/h1-10,18,28H. The number of aliphatic hydroxyl groups is 1. The van der Waals surface area contributed by atoms with E-state index in [0.717, 1.165) is 4.70 Å². The number of hydrogen-bond donors (Lipinski definition) is 1. The molecule has 0 fully saturated rings. The van der Waals surface area contributed by atoms with Crippen LogP contribution < -0.4 is 4.90 Å². The van der Waals surface area contributed by atoms with E-state index >= 15 is 0 Å². The monoisotopic (exact) mass is 486 g/mol. The van der Waals surface area contributed by atoms with Crippen LogP contribution in [0.25, 0.3) is 10.2 Å². The fourth-order valence-electron chi connectivity index (χ4n) is 3.52. The summed E-state index contributed by atoms with van der Waals surface area (Å²) in [6.07, 6.45) is 0. The van der Waals surface area contributed by atoms with Crippen molar-refractivity contribution in [2.24, 2.45) is 0 Å². The normalized spacial score (nSPS) is 16.5. The maximum atomic E-state index is 13.3. The Morgan fingerprint density at radius 1 is 1.06 bits per heavy atom. The molecule has 0 radical (unpaired) electrons. The molecule has 5 rings (SSSR count). The van der Waals surface area contributed by atoms with E-state index in [2.05, 4.69) is 4.98 Å². The highest BCUT2D eigenvalue weighted by Gasteiger charge is 2.46. The van der Waals surface area contributed by atoms with Gasteiger partial charge in [0.15, 0.2) is 10.9 Å². The predicted molar refractivity (Wildman–Crippen MR) is 125 cm³/mol. The summed E-state index contributed by atoms with van der Waals surface area (Å²) in [4.78, 5) is 32.8. The van der Waals surface area contributed by atoms with Crippen molar-refractivity contribution < 1.29 is 14.7 Å². The first-order valence-corrected chi connectivity index (χ1v) is 11.6. The third-order valence-corrected chi connectivity index (χ3v) is 7.30. The van der Waals surface area contributed by atoms with Crippen molar-refractivity contribution in [3.63, 3.8) is 0 Å². The quantitative estimate of drug-likeness (QED) is 0.336. The molecule has 0 spiro atoms. The van der Waals surface area contributed by atoms with Crippen molar-refractivity contribution in [3.8, 4) is 0 Å². The Hall–Kier alpha value is -2.71. The SMILES string of the molecule is O=C(C1=C(O)C(=O)N(c2nc3ccc(Cl)cc3s2)C1c1ccc(Cl)cc1)c1cccs1. The molecule has 0 saturated carbocycles. The van der Waals surface area contributed by atoms with Gasteiger partial charge in [0.05, 0.1) is 26.7 Å². The molecule has 1 aliphatic rings. The number of carbonyl (C=O) groups is 2. The highest BCUT2D eigenvalue weighted by molar-refractivity contribution is 7.22. The third-order valence-electron chi connectivity index (χ3n) is 4.93. The van der Waals surface area contributed by atoms with Crippen molar-refractivity contribution in [2.45, 2.75) is 6.04 Å². The van der Waals surface area contributed by atoms with Gasteiger partial charge in [0.25, 0.3) is 5.91 Å². The van der Waals surface area contributed by atoms with Crippen LogP contribution in [0.5, 0.6) is 0 Å². The van der Waals surface area contributed by atoms with E-state index in [0.29, 0.717) is 31.1 Å². The van der Waals surface area contributed by atoms with E-state index in [1.165, 1.54) is 27.6 Å². The van der Waals surface area contributed by atoms with Crippen molar-refractivity contribution in [3.05, 3.63) is 91.8 Å². The van der Waals surface area contributed by atoms with Crippen LogP contribution >= 0.6 is 45.9 Å². The fraction of sp³-hybridized carbons (Fsp3) is 0.0455. The van der Waals surface area contributed by atoms with Gasteiger partial charge in [-0.3, -0.25) is 14.5 Å². The summed E-state index contributed by atoms with van der Waals surface area (Å²) in [5.41, 5.74) is 1.33. The summed E-state index contributed by atoms with van der Waals surface area (Å²) in [6.45, 7) is 0. The summed E-state index contributed by atoms with van der Waals surface area (Å²) >= 11 is 14.7. The molecule has 3 heterocycles. The van der Waals surface area contributed by atoms with Gasteiger partial charge in [-0.2, -0.15) is 0 Å². The molecule has 0 saturated heterocycles.